The van der Waals surface area contributed by atoms with Gasteiger partial charge >= 0.3 is 0 Å². The van der Waals surface area contributed by atoms with Crippen LogP contribution in [0, 0.1) is 0 Å². The summed E-state index contributed by atoms with van der Waals surface area (Å²) in [4.78, 5) is 13.4. The lowest BCUT2D eigenvalue weighted by molar-refractivity contribution is -0.143. The predicted octanol–water partition coefficient (Wildman–Crippen LogP) is 0.504. The lowest BCUT2D eigenvalue weighted by Gasteiger charge is -2.27. The molecule has 0 aromatic heterocycles. The van der Waals surface area contributed by atoms with Crippen LogP contribution in [0.4, 0.5) is 0 Å². The second-order valence-corrected chi connectivity index (χ2v) is 3.84. The Morgan fingerprint density at radius 2 is 2.06 bits per heavy atom. The normalized spacial score (nSPS) is 16.6. The van der Waals surface area contributed by atoms with E-state index in [2.05, 4.69) is 0 Å². The maximum absolute atomic E-state index is 11.6. The first-order chi connectivity index (χ1) is 7.81. The molecule has 1 aliphatic rings. The second kappa shape index (κ2) is 5.09. The Morgan fingerprint density at radius 1 is 1.31 bits per heavy atom. The minimum atomic E-state index is 0.0538. The van der Waals surface area contributed by atoms with Crippen molar-refractivity contribution in [1.82, 2.24) is 4.90 Å². The van der Waals surface area contributed by atoms with Crippen LogP contribution in [0.15, 0.2) is 24.3 Å². The molecule has 16 heavy (non-hydrogen) atoms. The average Bonchev–Trinajstić information content (AvgIpc) is 2.33. The minimum absolute atomic E-state index is 0.0538. The summed E-state index contributed by atoms with van der Waals surface area (Å²) in [6, 6.07) is 7.96. The van der Waals surface area contributed by atoms with Crippen molar-refractivity contribution >= 4 is 5.91 Å². The zero-order valence-electron chi connectivity index (χ0n) is 9.19. The summed E-state index contributed by atoms with van der Waals surface area (Å²) in [5, 5.41) is 0. The van der Waals surface area contributed by atoms with Crippen molar-refractivity contribution in [3.63, 3.8) is 0 Å². The van der Waals surface area contributed by atoms with Crippen LogP contribution in [-0.2, 0) is 22.6 Å². The fourth-order valence-corrected chi connectivity index (χ4v) is 1.83. The monoisotopic (exact) mass is 220 g/mol. The van der Waals surface area contributed by atoms with Crippen molar-refractivity contribution in [1.29, 1.82) is 0 Å². The molecule has 4 heteroatoms. The van der Waals surface area contributed by atoms with Crippen molar-refractivity contribution < 1.29 is 9.53 Å². The molecule has 86 valence electrons. The number of nitrogens with zero attached hydrogens (tertiary/aromatic N) is 1. The van der Waals surface area contributed by atoms with Crippen LogP contribution < -0.4 is 5.73 Å². The lowest BCUT2D eigenvalue weighted by Crippen LogP contribution is -2.41. The van der Waals surface area contributed by atoms with Gasteiger partial charge < -0.3 is 15.4 Å². The molecule has 2 N–H and O–H groups in total. The van der Waals surface area contributed by atoms with Crippen LogP contribution in [0.2, 0.25) is 0 Å². The summed E-state index contributed by atoms with van der Waals surface area (Å²) in [6.45, 7) is 2.63. The van der Waals surface area contributed by atoms with E-state index in [0.29, 0.717) is 26.2 Å². The molecule has 0 unspecified atom stereocenters. The largest absolute Gasteiger partial charge is 0.370 e. The zero-order chi connectivity index (χ0) is 11.4. The Balaban J connectivity index is 2.10. The topological polar surface area (TPSA) is 55.6 Å². The van der Waals surface area contributed by atoms with Crippen LogP contribution >= 0.6 is 0 Å². The summed E-state index contributed by atoms with van der Waals surface area (Å²) >= 11 is 0. The summed E-state index contributed by atoms with van der Waals surface area (Å²) < 4.78 is 5.09. The van der Waals surface area contributed by atoms with Crippen LogP contribution in [-0.4, -0.2) is 30.6 Å². The molecule has 0 radical (unpaired) electrons. The number of carbonyl (C=O) groups is 1. The summed E-state index contributed by atoms with van der Waals surface area (Å²) in [5.74, 6) is 0.0538. The number of ether oxygens (including phenoxy) is 1. The van der Waals surface area contributed by atoms with E-state index in [1.54, 1.807) is 0 Å². The van der Waals surface area contributed by atoms with Gasteiger partial charge in [-0.1, -0.05) is 24.3 Å². The Morgan fingerprint density at radius 3 is 2.75 bits per heavy atom. The molecule has 1 saturated heterocycles. The number of amides is 1. The van der Waals surface area contributed by atoms with Gasteiger partial charge in [0.1, 0.15) is 6.61 Å². The lowest BCUT2D eigenvalue weighted by atomic mass is 10.1. The summed E-state index contributed by atoms with van der Waals surface area (Å²) in [5.41, 5.74) is 7.89. The van der Waals surface area contributed by atoms with E-state index >= 15 is 0 Å². The van der Waals surface area contributed by atoms with E-state index in [1.165, 1.54) is 0 Å². The van der Waals surface area contributed by atoms with Gasteiger partial charge in [0, 0.05) is 19.6 Å². The highest BCUT2D eigenvalue weighted by Crippen LogP contribution is 2.12. The van der Waals surface area contributed by atoms with E-state index in [9.17, 15) is 4.79 Å². The Hall–Kier alpha value is -1.39. The van der Waals surface area contributed by atoms with Crippen LogP contribution in [0.1, 0.15) is 11.1 Å². The predicted molar refractivity (Wildman–Crippen MR) is 60.6 cm³/mol. The number of carbonyl (C=O) groups excluding carboxylic acids is 1. The van der Waals surface area contributed by atoms with Crippen molar-refractivity contribution in [2.75, 3.05) is 19.8 Å². The zero-order valence-corrected chi connectivity index (χ0v) is 9.19. The van der Waals surface area contributed by atoms with Gasteiger partial charge in [-0.2, -0.15) is 0 Å². The van der Waals surface area contributed by atoms with Gasteiger partial charge in [-0.3, -0.25) is 4.79 Å². The fourth-order valence-electron chi connectivity index (χ4n) is 1.83. The van der Waals surface area contributed by atoms with E-state index in [1.807, 2.05) is 29.2 Å². The van der Waals surface area contributed by atoms with E-state index in [4.69, 9.17) is 10.5 Å². The van der Waals surface area contributed by atoms with Gasteiger partial charge in [0.2, 0.25) is 5.91 Å². The van der Waals surface area contributed by atoms with Gasteiger partial charge in [0.05, 0.1) is 6.61 Å². The molecule has 0 bridgehead atoms. The molecule has 1 aromatic rings. The third-order valence-corrected chi connectivity index (χ3v) is 2.78. The van der Waals surface area contributed by atoms with Gasteiger partial charge in [-0.25, -0.2) is 0 Å². The molecule has 1 amide bonds. The van der Waals surface area contributed by atoms with Crippen LogP contribution in [0.25, 0.3) is 0 Å². The maximum atomic E-state index is 11.6. The van der Waals surface area contributed by atoms with E-state index in [-0.39, 0.29) is 12.5 Å². The third kappa shape index (κ3) is 2.40. The number of hydrogen-bond donors (Lipinski definition) is 1. The average molecular weight is 220 g/mol. The molecule has 1 heterocycles. The molecule has 4 nitrogen and oxygen atoms in total. The van der Waals surface area contributed by atoms with Gasteiger partial charge in [-0.05, 0) is 11.1 Å². The van der Waals surface area contributed by atoms with Gasteiger partial charge in [-0.15, -0.1) is 0 Å². The van der Waals surface area contributed by atoms with Crippen molar-refractivity contribution in [2.24, 2.45) is 5.73 Å². The van der Waals surface area contributed by atoms with Gasteiger partial charge in [0.25, 0.3) is 0 Å². The molecular weight excluding hydrogens is 204 g/mol. The highest BCUT2D eigenvalue weighted by atomic mass is 16.5. The summed E-state index contributed by atoms with van der Waals surface area (Å²) in [6.07, 6.45) is 0. The van der Waals surface area contributed by atoms with Crippen LogP contribution in [0.3, 0.4) is 0 Å². The fraction of sp³-hybridized carbons (Fsp3) is 0.417. The first kappa shape index (κ1) is 11.1. The first-order valence-electron chi connectivity index (χ1n) is 5.43. The molecule has 1 aromatic carbocycles. The van der Waals surface area contributed by atoms with Gasteiger partial charge in [0.15, 0.2) is 0 Å². The number of morpholine rings is 1. The number of benzene rings is 1. The Kier molecular flexibility index (Phi) is 3.54. The van der Waals surface area contributed by atoms with Crippen molar-refractivity contribution in [3.8, 4) is 0 Å². The number of nitrogens with two attached hydrogens (primary N) is 1. The standard InChI is InChI=1S/C12H16N2O2/c13-7-10-3-1-2-4-11(10)8-14-5-6-16-9-12(14)15/h1-4H,5-9,13H2. The molecule has 0 spiro atoms. The molecule has 2 rings (SSSR count). The molecular formula is C12H16N2O2. The quantitative estimate of drug-likeness (QED) is 0.807. The number of rotatable bonds is 3. The van der Waals surface area contributed by atoms with E-state index < -0.39 is 0 Å². The molecule has 0 aliphatic carbocycles. The van der Waals surface area contributed by atoms with Crippen molar-refractivity contribution in [3.05, 3.63) is 35.4 Å². The molecule has 1 fully saturated rings. The van der Waals surface area contributed by atoms with E-state index in [0.717, 1.165) is 11.1 Å². The molecule has 0 saturated carbocycles. The number of hydrogen-bond acceptors (Lipinski definition) is 3. The second-order valence-electron chi connectivity index (χ2n) is 3.84. The van der Waals surface area contributed by atoms with Crippen LogP contribution in [0.5, 0.6) is 0 Å². The Labute approximate surface area is 95.0 Å². The first-order valence-corrected chi connectivity index (χ1v) is 5.43. The maximum Gasteiger partial charge on any atom is 0.248 e. The SMILES string of the molecule is NCc1ccccc1CN1CCOCC1=O. The third-order valence-electron chi connectivity index (χ3n) is 2.78. The highest BCUT2D eigenvalue weighted by Gasteiger charge is 2.19. The molecule has 1 aliphatic heterocycles. The molecule has 0 atom stereocenters. The summed E-state index contributed by atoms with van der Waals surface area (Å²) in [7, 11) is 0. The highest BCUT2D eigenvalue weighted by molar-refractivity contribution is 5.78. The smallest absolute Gasteiger partial charge is 0.248 e. The van der Waals surface area contributed by atoms with Crippen molar-refractivity contribution in [2.45, 2.75) is 13.1 Å². The Bertz CT molecular complexity index is 379. The minimum Gasteiger partial charge on any atom is -0.370 e.